The first kappa shape index (κ1) is 17.1. The van der Waals surface area contributed by atoms with E-state index in [1.54, 1.807) is 6.07 Å². The summed E-state index contributed by atoms with van der Waals surface area (Å²) in [6.45, 7) is 4.30. The van der Waals surface area contributed by atoms with Gasteiger partial charge in [-0.3, -0.25) is 4.99 Å². The number of nitrogens with zero attached hydrogens (tertiary/aromatic N) is 2. The number of alkyl halides is 3. The van der Waals surface area contributed by atoms with Gasteiger partial charge in [0.05, 0.1) is 18.7 Å². The number of ether oxygens (including phenoxy) is 1. The fourth-order valence-electron chi connectivity index (χ4n) is 2.76. The maximum absolute atomic E-state index is 12.9. The van der Waals surface area contributed by atoms with Gasteiger partial charge in [0.2, 0.25) is 0 Å². The summed E-state index contributed by atoms with van der Waals surface area (Å²) in [6, 6.07) is 5.87. The molecule has 1 saturated heterocycles. The number of benzene rings is 1. The zero-order chi connectivity index (χ0) is 17.2. The van der Waals surface area contributed by atoms with E-state index in [1.807, 2.05) is 6.92 Å². The van der Waals surface area contributed by atoms with Crippen molar-refractivity contribution in [2.24, 2.45) is 4.99 Å². The fraction of sp³-hybridized carbons (Fsp3) is 0.588. The second-order valence-electron chi connectivity index (χ2n) is 6.15. The first-order valence-electron chi connectivity index (χ1n) is 8.32. The van der Waals surface area contributed by atoms with Crippen molar-refractivity contribution in [3.8, 4) is 0 Å². The molecule has 24 heavy (non-hydrogen) atoms. The topological polar surface area (TPSA) is 36.9 Å². The second kappa shape index (κ2) is 7.01. The number of morpholine rings is 1. The average molecular weight is 341 g/mol. The lowest BCUT2D eigenvalue weighted by Gasteiger charge is -2.35. The molecule has 3 rings (SSSR count). The third-order valence-corrected chi connectivity index (χ3v) is 4.17. The number of halogens is 3. The van der Waals surface area contributed by atoms with Crippen molar-refractivity contribution in [3.63, 3.8) is 0 Å². The van der Waals surface area contributed by atoms with Crippen molar-refractivity contribution in [1.82, 2.24) is 10.2 Å². The van der Waals surface area contributed by atoms with Crippen LogP contribution >= 0.6 is 0 Å². The smallest absolute Gasteiger partial charge is 0.370 e. The van der Waals surface area contributed by atoms with Crippen LogP contribution in [0.4, 0.5) is 13.2 Å². The Morgan fingerprint density at radius 1 is 1.38 bits per heavy atom. The fourth-order valence-corrected chi connectivity index (χ4v) is 2.76. The van der Waals surface area contributed by atoms with Gasteiger partial charge in [-0.05, 0) is 37.5 Å². The Morgan fingerprint density at radius 2 is 2.17 bits per heavy atom. The van der Waals surface area contributed by atoms with Gasteiger partial charge in [0, 0.05) is 19.1 Å². The lowest BCUT2D eigenvalue weighted by atomic mass is 10.0. The largest absolute Gasteiger partial charge is 0.416 e. The van der Waals surface area contributed by atoms with Crippen LogP contribution in [0.5, 0.6) is 0 Å². The van der Waals surface area contributed by atoms with E-state index in [0.717, 1.165) is 24.9 Å². The minimum Gasteiger partial charge on any atom is -0.370 e. The highest BCUT2D eigenvalue weighted by molar-refractivity contribution is 5.80. The van der Waals surface area contributed by atoms with Crippen molar-refractivity contribution in [3.05, 3.63) is 35.4 Å². The van der Waals surface area contributed by atoms with Crippen molar-refractivity contribution < 1.29 is 17.9 Å². The van der Waals surface area contributed by atoms with Gasteiger partial charge in [-0.1, -0.05) is 12.1 Å². The van der Waals surface area contributed by atoms with Gasteiger partial charge < -0.3 is 15.0 Å². The van der Waals surface area contributed by atoms with Crippen LogP contribution in [0.1, 0.15) is 37.0 Å². The van der Waals surface area contributed by atoms with Crippen LogP contribution in [-0.2, 0) is 10.9 Å². The van der Waals surface area contributed by atoms with Crippen LogP contribution < -0.4 is 5.32 Å². The highest BCUT2D eigenvalue weighted by Gasteiger charge is 2.32. The molecular formula is C17H22F3N3O. The molecule has 1 aliphatic carbocycles. The Hall–Kier alpha value is -1.76. The van der Waals surface area contributed by atoms with E-state index >= 15 is 0 Å². The number of guanidine groups is 1. The van der Waals surface area contributed by atoms with E-state index in [4.69, 9.17) is 4.74 Å². The van der Waals surface area contributed by atoms with Crippen LogP contribution in [0.3, 0.4) is 0 Å². The number of rotatable bonds is 3. The van der Waals surface area contributed by atoms with E-state index in [9.17, 15) is 13.2 Å². The molecule has 0 bridgehead atoms. The normalized spacial score (nSPS) is 22.6. The van der Waals surface area contributed by atoms with Crippen LogP contribution in [-0.4, -0.2) is 43.1 Å². The molecular weight excluding hydrogens is 319 g/mol. The summed E-state index contributed by atoms with van der Waals surface area (Å²) >= 11 is 0. The molecule has 1 aliphatic heterocycles. The van der Waals surface area contributed by atoms with Crippen LogP contribution in [0, 0.1) is 0 Å². The van der Waals surface area contributed by atoms with Gasteiger partial charge in [-0.15, -0.1) is 0 Å². The van der Waals surface area contributed by atoms with E-state index in [-0.39, 0.29) is 6.10 Å². The molecule has 1 saturated carbocycles. The van der Waals surface area contributed by atoms with E-state index < -0.39 is 11.7 Å². The van der Waals surface area contributed by atoms with Crippen molar-refractivity contribution in [1.29, 1.82) is 0 Å². The quantitative estimate of drug-likeness (QED) is 0.678. The standard InChI is InChI=1S/C17H22F3N3O/c1-2-21-16(22-14-6-7-14)23-8-9-24-15(11-23)12-4-3-5-13(10-12)17(18,19)20/h3-5,10,14-15H,2,6-9,11H2,1H3,(H,21,22). The molecule has 1 atom stereocenters. The molecule has 1 aromatic rings. The maximum Gasteiger partial charge on any atom is 0.416 e. The third-order valence-electron chi connectivity index (χ3n) is 4.17. The van der Waals surface area contributed by atoms with Gasteiger partial charge in [0.15, 0.2) is 5.96 Å². The zero-order valence-electron chi connectivity index (χ0n) is 13.6. The van der Waals surface area contributed by atoms with Crippen molar-refractivity contribution in [2.75, 3.05) is 26.2 Å². The lowest BCUT2D eigenvalue weighted by Crippen LogP contribution is -2.48. The summed E-state index contributed by atoms with van der Waals surface area (Å²) in [5.41, 5.74) is -0.0870. The summed E-state index contributed by atoms with van der Waals surface area (Å²) in [4.78, 5) is 6.59. The molecule has 2 fully saturated rings. The SMILES string of the molecule is CCN=C(NC1CC1)N1CCOC(c2cccc(C(F)(F)F)c2)C1. The van der Waals surface area contributed by atoms with E-state index in [2.05, 4.69) is 15.2 Å². The maximum atomic E-state index is 12.9. The van der Waals surface area contributed by atoms with Crippen molar-refractivity contribution in [2.45, 2.75) is 38.1 Å². The molecule has 0 radical (unpaired) electrons. The molecule has 7 heteroatoms. The Kier molecular flexibility index (Phi) is 4.99. The summed E-state index contributed by atoms with van der Waals surface area (Å²) < 4.78 is 44.5. The third kappa shape index (κ3) is 4.20. The molecule has 0 aromatic heterocycles. The Balaban J connectivity index is 1.74. The highest BCUT2D eigenvalue weighted by Crippen LogP contribution is 2.32. The van der Waals surface area contributed by atoms with Gasteiger partial charge in [-0.2, -0.15) is 13.2 Å². The first-order chi connectivity index (χ1) is 11.5. The van der Waals surface area contributed by atoms with E-state index in [0.29, 0.717) is 37.8 Å². The molecule has 1 unspecified atom stereocenters. The van der Waals surface area contributed by atoms with Gasteiger partial charge >= 0.3 is 6.18 Å². The second-order valence-corrected chi connectivity index (χ2v) is 6.15. The minimum absolute atomic E-state index is 0.385. The summed E-state index contributed by atoms with van der Waals surface area (Å²) in [5.74, 6) is 0.834. The monoisotopic (exact) mass is 341 g/mol. The molecule has 0 spiro atoms. The number of nitrogens with one attached hydrogen (secondary N) is 1. The van der Waals surface area contributed by atoms with Gasteiger partial charge in [-0.25, -0.2) is 0 Å². The highest BCUT2D eigenvalue weighted by atomic mass is 19.4. The number of hydrogen-bond donors (Lipinski definition) is 1. The van der Waals surface area contributed by atoms with Crippen LogP contribution in [0.2, 0.25) is 0 Å². The molecule has 1 N–H and O–H groups in total. The van der Waals surface area contributed by atoms with Crippen molar-refractivity contribution >= 4 is 5.96 Å². The zero-order valence-corrected chi connectivity index (χ0v) is 13.6. The minimum atomic E-state index is -4.34. The molecule has 4 nitrogen and oxygen atoms in total. The average Bonchev–Trinajstić information content (AvgIpc) is 3.38. The predicted molar refractivity (Wildman–Crippen MR) is 85.8 cm³/mol. The van der Waals surface area contributed by atoms with Gasteiger partial charge in [0.1, 0.15) is 6.10 Å². The van der Waals surface area contributed by atoms with Crippen LogP contribution in [0.25, 0.3) is 0 Å². The molecule has 1 heterocycles. The van der Waals surface area contributed by atoms with E-state index in [1.165, 1.54) is 12.1 Å². The Morgan fingerprint density at radius 3 is 2.83 bits per heavy atom. The van der Waals surface area contributed by atoms with Gasteiger partial charge in [0.25, 0.3) is 0 Å². The number of aliphatic imine (C=N–C) groups is 1. The number of hydrogen-bond acceptors (Lipinski definition) is 2. The molecule has 0 amide bonds. The molecule has 2 aliphatic rings. The van der Waals surface area contributed by atoms with Crippen LogP contribution in [0.15, 0.2) is 29.3 Å². The first-order valence-corrected chi connectivity index (χ1v) is 8.32. The Bertz CT molecular complexity index is 599. The summed E-state index contributed by atoms with van der Waals surface area (Å²) in [5, 5.41) is 3.41. The lowest BCUT2D eigenvalue weighted by molar-refractivity contribution is -0.137. The Labute approximate surface area is 139 Å². The molecule has 1 aromatic carbocycles. The summed E-state index contributed by atoms with van der Waals surface area (Å²) in [6.07, 6.45) is -2.44. The summed E-state index contributed by atoms with van der Waals surface area (Å²) in [7, 11) is 0. The molecule has 132 valence electrons. The predicted octanol–water partition coefficient (Wildman–Crippen LogP) is 3.21.